The van der Waals surface area contributed by atoms with Crippen LogP contribution in [0.4, 0.5) is 5.82 Å². The lowest BCUT2D eigenvalue weighted by Crippen LogP contribution is -2.39. The van der Waals surface area contributed by atoms with Crippen molar-refractivity contribution in [3.8, 4) is 0 Å². The van der Waals surface area contributed by atoms with Gasteiger partial charge in [-0.2, -0.15) is 0 Å². The van der Waals surface area contributed by atoms with Gasteiger partial charge in [-0.25, -0.2) is 0 Å². The first-order chi connectivity index (χ1) is 11.6. The van der Waals surface area contributed by atoms with Crippen LogP contribution in [0.2, 0.25) is 0 Å². The van der Waals surface area contributed by atoms with Gasteiger partial charge in [-0.05, 0) is 36.5 Å². The Labute approximate surface area is 143 Å². The Morgan fingerprint density at radius 3 is 2.67 bits per heavy atom. The van der Waals surface area contributed by atoms with Crippen molar-refractivity contribution in [2.24, 2.45) is 5.92 Å². The number of anilines is 1. The third kappa shape index (κ3) is 3.91. The lowest BCUT2D eigenvalue weighted by molar-refractivity contribution is 0.0676. The van der Waals surface area contributed by atoms with Gasteiger partial charge in [0.2, 0.25) is 0 Å². The van der Waals surface area contributed by atoms with Crippen molar-refractivity contribution in [3.05, 3.63) is 53.7 Å². The zero-order valence-electron chi connectivity index (χ0n) is 14.4. The Hall–Kier alpha value is -2.43. The second-order valence-electron chi connectivity index (χ2n) is 6.62. The van der Waals surface area contributed by atoms with Gasteiger partial charge in [0.15, 0.2) is 11.5 Å². The van der Waals surface area contributed by atoms with Gasteiger partial charge in [0.1, 0.15) is 0 Å². The fourth-order valence-corrected chi connectivity index (χ4v) is 3.12. The van der Waals surface area contributed by atoms with E-state index in [0.717, 1.165) is 31.9 Å². The highest BCUT2D eigenvalue weighted by Gasteiger charge is 2.23. The molecule has 0 saturated carbocycles. The molecule has 1 aliphatic heterocycles. The van der Waals surface area contributed by atoms with Crippen molar-refractivity contribution in [1.29, 1.82) is 0 Å². The number of piperidine rings is 1. The summed E-state index contributed by atoms with van der Waals surface area (Å²) in [4.78, 5) is 16.4. The van der Waals surface area contributed by atoms with E-state index in [2.05, 4.69) is 29.3 Å². The van der Waals surface area contributed by atoms with Crippen molar-refractivity contribution in [2.75, 3.05) is 25.0 Å². The highest BCUT2D eigenvalue weighted by Crippen LogP contribution is 2.18. The van der Waals surface area contributed by atoms with Crippen molar-refractivity contribution >= 4 is 11.7 Å². The molecule has 1 aliphatic rings. The lowest BCUT2D eigenvalue weighted by Gasteiger charge is -2.30. The summed E-state index contributed by atoms with van der Waals surface area (Å²) in [7, 11) is 1.98. The van der Waals surface area contributed by atoms with Crippen LogP contribution >= 0.6 is 0 Å². The minimum Gasteiger partial charge on any atom is -0.354 e. The Bertz CT molecular complexity index is 672. The quantitative estimate of drug-likeness (QED) is 0.867. The maximum Gasteiger partial charge on any atom is 0.274 e. The van der Waals surface area contributed by atoms with Crippen LogP contribution in [-0.2, 0) is 6.54 Å². The SMILES string of the molecule is CC1CCCN(C(=O)c2ccc(N(C)Cc3ccccc3)nn2)C1. The lowest BCUT2D eigenvalue weighted by atomic mass is 10.00. The van der Waals surface area contributed by atoms with Crippen molar-refractivity contribution in [3.63, 3.8) is 0 Å². The molecule has 1 fully saturated rings. The van der Waals surface area contributed by atoms with Crippen LogP contribution in [-0.4, -0.2) is 41.1 Å². The number of likely N-dealkylation sites (tertiary alicyclic amines) is 1. The normalized spacial score (nSPS) is 17.6. The van der Waals surface area contributed by atoms with Crippen LogP contribution < -0.4 is 4.90 Å². The standard InChI is InChI=1S/C19H24N4O/c1-15-7-6-12-23(13-15)19(24)17-10-11-18(21-20-17)22(2)14-16-8-4-3-5-9-16/h3-5,8-11,15H,6-7,12-14H2,1-2H3. The molecule has 3 rings (SSSR count). The van der Waals surface area contributed by atoms with E-state index in [0.29, 0.717) is 11.6 Å². The largest absolute Gasteiger partial charge is 0.354 e. The molecule has 1 unspecified atom stereocenters. The van der Waals surface area contributed by atoms with Gasteiger partial charge in [0.05, 0.1) is 0 Å². The summed E-state index contributed by atoms with van der Waals surface area (Å²) in [5.74, 6) is 1.32. The van der Waals surface area contributed by atoms with E-state index >= 15 is 0 Å². The monoisotopic (exact) mass is 324 g/mol. The Morgan fingerprint density at radius 2 is 2.00 bits per heavy atom. The van der Waals surface area contributed by atoms with Crippen molar-refractivity contribution in [2.45, 2.75) is 26.3 Å². The minimum atomic E-state index is -0.00804. The van der Waals surface area contributed by atoms with E-state index < -0.39 is 0 Å². The molecular formula is C19H24N4O. The molecule has 5 nitrogen and oxygen atoms in total. The summed E-state index contributed by atoms with van der Waals surface area (Å²) in [5.41, 5.74) is 1.64. The first-order valence-electron chi connectivity index (χ1n) is 8.51. The Morgan fingerprint density at radius 1 is 1.21 bits per heavy atom. The van der Waals surface area contributed by atoms with Crippen molar-refractivity contribution < 1.29 is 4.79 Å². The number of hydrogen-bond donors (Lipinski definition) is 0. The molecule has 0 N–H and O–H groups in total. The molecule has 1 amide bonds. The summed E-state index contributed by atoms with van der Waals surface area (Å²) in [6.45, 7) is 4.58. The molecule has 0 aliphatic carbocycles. The van der Waals surface area contributed by atoms with Gasteiger partial charge in [-0.3, -0.25) is 4.79 Å². The smallest absolute Gasteiger partial charge is 0.274 e. The number of benzene rings is 1. The zero-order valence-corrected chi connectivity index (χ0v) is 14.4. The molecule has 24 heavy (non-hydrogen) atoms. The second-order valence-corrected chi connectivity index (χ2v) is 6.62. The second kappa shape index (κ2) is 7.43. The van der Waals surface area contributed by atoms with Crippen LogP contribution in [0.1, 0.15) is 35.8 Å². The van der Waals surface area contributed by atoms with Gasteiger partial charge in [0.25, 0.3) is 5.91 Å². The van der Waals surface area contributed by atoms with E-state index in [4.69, 9.17) is 0 Å². The molecule has 1 atom stereocenters. The molecule has 0 bridgehead atoms. The average molecular weight is 324 g/mol. The van der Waals surface area contributed by atoms with Gasteiger partial charge >= 0.3 is 0 Å². The van der Waals surface area contributed by atoms with Crippen LogP contribution in [0, 0.1) is 5.92 Å². The van der Waals surface area contributed by atoms with E-state index in [-0.39, 0.29) is 5.91 Å². The number of rotatable bonds is 4. The molecule has 1 aromatic heterocycles. The Kier molecular flexibility index (Phi) is 5.08. The number of carbonyl (C=O) groups is 1. The maximum atomic E-state index is 12.5. The molecule has 5 heteroatoms. The molecule has 2 heterocycles. The summed E-state index contributed by atoms with van der Waals surface area (Å²) < 4.78 is 0. The minimum absolute atomic E-state index is 0.00804. The van der Waals surface area contributed by atoms with Crippen LogP contribution in [0.3, 0.4) is 0 Å². The summed E-state index contributed by atoms with van der Waals surface area (Å²) in [5, 5.41) is 8.40. The molecule has 2 aromatic rings. The third-order valence-electron chi connectivity index (χ3n) is 4.47. The summed E-state index contributed by atoms with van der Waals surface area (Å²) >= 11 is 0. The number of hydrogen-bond acceptors (Lipinski definition) is 4. The molecule has 1 saturated heterocycles. The molecule has 0 radical (unpaired) electrons. The maximum absolute atomic E-state index is 12.5. The third-order valence-corrected chi connectivity index (χ3v) is 4.47. The zero-order chi connectivity index (χ0) is 16.9. The van der Waals surface area contributed by atoms with Crippen LogP contribution in [0.25, 0.3) is 0 Å². The first-order valence-corrected chi connectivity index (χ1v) is 8.51. The van der Waals surface area contributed by atoms with Gasteiger partial charge in [0, 0.05) is 26.7 Å². The van der Waals surface area contributed by atoms with Gasteiger partial charge < -0.3 is 9.80 Å². The predicted molar refractivity (Wildman–Crippen MR) is 94.9 cm³/mol. The predicted octanol–water partition coefficient (Wildman–Crippen LogP) is 2.99. The van der Waals surface area contributed by atoms with Gasteiger partial charge in [-0.1, -0.05) is 37.3 Å². The molecule has 1 aromatic carbocycles. The van der Waals surface area contributed by atoms with E-state index in [9.17, 15) is 4.79 Å². The van der Waals surface area contributed by atoms with Gasteiger partial charge in [-0.15, -0.1) is 10.2 Å². The molecule has 0 spiro atoms. The van der Waals surface area contributed by atoms with E-state index in [1.807, 2.05) is 41.1 Å². The number of amides is 1. The Balaban J connectivity index is 1.65. The molecular weight excluding hydrogens is 300 g/mol. The van der Waals surface area contributed by atoms with E-state index in [1.54, 1.807) is 6.07 Å². The number of nitrogens with zero attached hydrogens (tertiary/aromatic N) is 4. The number of carbonyl (C=O) groups excluding carboxylic acids is 1. The topological polar surface area (TPSA) is 49.3 Å². The highest BCUT2D eigenvalue weighted by molar-refractivity contribution is 5.92. The van der Waals surface area contributed by atoms with Crippen LogP contribution in [0.15, 0.2) is 42.5 Å². The fraction of sp³-hybridized carbons (Fsp3) is 0.421. The van der Waals surface area contributed by atoms with E-state index in [1.165, 1.54) is 12.0 Å². The molecule has 126 valence electrons. The summed E-state index contributed by atoms with van der Waals surface area (Å²) in [6.07, 6.45) is 2.26. The van der Waals surface area contributed by atoms with Crippen LogP contribution in [0.5, 0.6) is 0 Å². The fourth-order valence-electron chi connectivity index (χ4n) is 3.12. The summed E-state index contributed by atoms with van der Waals surface area (Å²) in [6, 6.07) is 13.9. The average Bonchev–Trinajstić information content (AvgIpc) is 2.62. The van der Waals surface area contributed by atoms with Crippen molar-refractivity contribution in [1.82, 2.24) is 15.1 Å². The first kappa shape index (κ1) is 16.4. The number of aromatic nitrogens is 2. The highest BCUT2D eigenvalue weighted by atomic mass is 16.2.